The smallest absolute Gasteiger partial charge is 0.250 e. The summed E-state index contributed by atoms with van der Waals surface area (Å²) in [6.07, 6.45) is 0.688. The van der Waals surface area contributed by atoms with Gasteiger partial charge >= 0.3 is 0 Å². The van der Waals surface area contributed by atoms with E-state index in [0.717, 1.165) is 13.1 Å². The fraction of sp³-hybridized carbons (Fsp3) is 0.529. The number of amides is 2. The second kappa shape index (κ2) is 9.72. The highest BCUT2D eigenvalue weighted by Crippen LogP contribution is 2.26. The van der Waals surface area contributed by atoms with Crippen LogP contribution < -0.4 is 10.6 Å². The number of hydrogen-bond donors (Lipinski definition) is 2. The molecule has 0 saturated carbocycles. The van der Waals surface area contributed by atoms with Gasteiger partial charge in [-0.2, -0.15) is 0 Å². The van der Waals surface area contributed by atoms with Gasteiger partial charge in [-0.25, -0.2) is 0 Å². The molecule has 1 atom stereocenters. The van der Waals surface area contributed by atoms with Crippen molar-refractivity contribution >= 4 is 34.8 Å². The van der Waals surface area contributed by atoms with Gasteiger partial charge in [0.15, 0.2) is 0 Å². The first kappa shape index (κ1) is 19.7. The minimum Gasteiger partial charge on any atom is -0.379 e. The molecule has 138 valence electrons. The standard InChI is InChI=1S/C17H24ClN3O4/c1-3-15(21-6-8-25-9-7-21)17(23)20-14-10-12(4-5-13(14)18)19-16(22)11-24-2/h4-5,10,15H,3,6-9,11H2,1-2H3,(H,19,22)(H,20,23). The molecule has 1 aromatic carbocycles. The molecule has 2 rings (SSSR count). The summed E-state index contributed by atoms with van der Waals surface area (Å²) in [4.78, 5) is 26.4. The predicted molar refractivity (Wildman–Crippen MR) is 97.1 cm³/mol. The molecule has 0 aromatic heterocycles. The number of benzene rings is 1. The highest BCUT2D eigenvalue weighted by molar-refractivity contribution is 6.34. The van der Waals surface area contributed by atoms with Gasteiger partial charge in [-0.15, -0.1) is 0 Å². The third kappa shape index (κ3) is 5.67. The monoisotopic (exact) mass is 369 g/mol. The van der Waals surface area contributed by atoms with E-state index in [1.165, 1.54) is 7.11 Å². The van der Waals surface area contributed by atoms with Crippen molar-refractivity contribution in [3.8, 4) is 0 Å². The fourth-order valence-electron chi connectivity index (χ4n) is 2.74. The second-order valence-corrected chi connectivity index (χ2v) is 6.14. The molecular weight excluding hydrogens is 346 g/mol. The molecule has 0 bridgehead atoms. The SMILES string of the molecule is CCC(C(=O)Nc1cc(NC(=O)COC)ccc1Cl)N1CCOCC1. The normalized spacial score (nSPS) is 16.3. The third-order valence-electron chi connectivity index (χ3n) is 3.96. The van der Waals surface area contributed by atoms with Gasteiger partial charge in [0.05, 0.1) is 30.0 Å². The van der Waals surface area contributed by atoms with Crippen LogP contribution in [0.25, 0.3) is 0 Å². The Hall–Kier alpha value is -1.67. The zero-order valence-corrected chi connectivity index (χ0v) is 15.3. The van der Waals surface area contributed by atoms with Gasteiger partial charge in [0.1, 0.15) is 6.61 Å². The van der Waals surface area contributed by atoms with Crippen molar-refractivity contribution in [1.29, 1.82) is 0 Å². The number of anilines is 2. The molecule has 1 aliphatic rings. The number of ether oxygens (including phenoxy) is 2. The van der Waals surface area contributed by atoms with E-state index in [9.17, 15) is 9.59 Å². The average molecular weight is 370 g/mol. The molecule has 1 unspecified atom stereocenters. The summed E-state index contributed by atoms with van der Waals surface area (Å²) in [7, 11) is 1.45. The molecule has 25 heavy (non-hydrogen) atoms. The number of nitrogens with one attached hydrogen (secondary N) is 2. The summed E-state index contributed by atoms with van der Waals surface area (Å²) in [6, 6.07) is 4.70. The van der Waals surface area contributed by atoms with Crippen molar-refractivity contribution in [1.82, 2.24) is 4.90 Å². The van der Waals surface area contributed by atoms with Crippen LogP contribution in [0.2, 0.25) is 5.02 Å². The van der Waals surface area contributed by atoms with Gasteiger partial charge in [0.2, 0.25) is 11.8 Å². The number of morpholine rings is 1. The lowest BCUT2D eigenvalue weighted by Crippen LogP contribution is -2.49. The van der Waals surface area contributed by atoms with E-state index in [4.69, 9.17) is 21.1 Å². The van der Waals surface area contributed by atoms with Crippen LogP contribution in [0.1, 0.15) is 13.3 Å². The molecular formula is C17H24ClN3O4. The Labute approximate surface area is 152 Å². The maximum absolute atomic E-state index is 12.7. The number of methoxy groups -OCH3 is 1. The average Bonchev–Trinajstić information content (AvgIpc) is 2.59. The van der Waals surface area contributed by atoms with Gasteiger partial charge in [0, 0.05) is 25.9 Å². The quantitative estimate of drug-likeness (QED) is 0.768. The van der Waals surface area contributed by atoms with Crippen LogP contribution >= 0.6 is 11.6 Å². The first-order chi connectivity index (χ1) is 12.0. The van der Waals surface area contributed by atoms with E-state index in [-0.39, 0.29) is 24.5 Å². The summed E-state index contributed by atoms with van der Waals surface area (Å²) < 4.78 is 10.1. The number of carbonyl (C=O) groups excluding carboxylic acids is 2. The number of halogens is 1. The van der Waals surface area contributed by atoms with Crippen molar-refractivity contribution in [3.63, 3.8) is 0 Å². The lowest BCUT2D eigenvalue weighted by Gasteiger charge is -2.33. The Balaban J connectivity index is 2.06. The van der Waals surface area contributed by atoms with Crippen molar-refractivity contribution in [2.45, 2.75) is 19.4 Å². The summed E-state index contributed by atoms with van der Waals surface area (Å²) >= 11 is 6.19. The number of carbonyl (C=O) groups is 2. The molecule has 7 nitrogen and oxygen atoms in total. The van der Waals surface area contributed by atoms with Crippen LogP contribution in [0.4, 0.5) is 11.4 Å². The molecule has 8 heteroatoms. The fourth-order valence-corrected chi connectivity index (χ4v) is 2.91. The van der Waals surface area contributed by atoms with Crippen LogP contribution in [-0.4, -0.2) is 62.8 Å². The molecule has 1 aromatic rings. The summed E-state index contributed by atoms with van der Waals surface area (Å²) in [5, 5.41) is 5.97. The van der Waals surface area contributed by atoms with Crippen LogP contribution in [0.3, 0.4) is 0 Å². The maximum Gasteiger partial charge on any atom is 0.250 e. The lowest BCUT2D eigenvalue weighted by molar-refractivity contribution is -0.123. The molecule has 1 heterocycles. The molecule has 0 spiro atoms. The summed E-state index contributed by atoms with van der Waals surface area (Å²) in [5.41, 5.74) is 1.01. The van der Waals surface area contributed by atoms with Gasteiger partial charge < -0.3 is 20.1 Å². The van der Waals surface area contributed by atoms with Crippen LogP contribution in [0.5, 0.6) is 0 Å². The summed E-state index contributed by atoms with van der Waals surface area (Å²) in [5.74, 6) is -0.395. The summed E-state index contributed by atoms with van der Waals surface area (Å²) in [6.45, 7) is 4.65. The number of nitrogens with zero attached hydrogens (tertiary/aromatic N) is 1. The zero-order chi connectivity index (χ0) is 18.2. The minimum absolute atomic E-state index is 0.0424. The van der Waals surface area contributed by atoms with Gasteiger partial charge in [-0.3, -0.25) is 14.5 Å². The van der Waals surface area contributed by atoms with E-state index in [0.29, 0.717) is 36.0 Å². The first-order valence-electron chi connectivity index (χ1n) is 8.26. The van der Waals surface area contributed by atoms with Gasteiger partial charge in [0.25, 0.3) is 0 Å². The molecule has 0 radical (unpaired) electrons. The Kier molecular flexibility index (Phi) is 7.64. The Bertz CT molecular complexity index is 606. The van der Waals surface area contributed by atoms with Crippen molar-refractivity contribution < 1.29 is 19.1 Å². The Morgan fingerprint density at radius 3 is 2.68 bits per heavy atom. The third-order valence-corrected chi connectivity index (χ3v) is 4.29. The van der Waals surface area contributed by atoms with E-state index in [1.54, 1.807) is 18.2 Å². The molecule has 1 aliphatic heterocycles. The van der Waals surface area contributed by atoms with Crippen LogP contribution in [0, 0.1) is 0 Å². The first-order valence-corrected chi connectivity index (χ1v) is 8.64. The van der Waals surface area contributed by atoms with E-state index >= 15 is 0 Å². The lowest BCUT2D eigenvalue weighted by atomic mass is 10.1. The topological polar surface area (TPSA) is 79.9 Å². The molecule has 1 saturated heterocycles. The molecule has 0 aliphatic carbocycles. The number of rotatable bonds is 7. The molecule has 1 fully saturated rings. The molecule has 2 amide bonds. The Morgan fingerprint density at radius 1 is 1.32 bits per heavy atom. The highest BCUT2D eigenvalue weighted by atomic mass is 35.5. The second-order valence-electron chi connectivity index (χ2n) is 5.74. The maximum atomic E-state index is 12.7. The van der Waals surface area contributed by atoms with E-state index in [2.05, 4.69) is 15.5 Å². The van der Waals surface area contributed by atoms with E-state index < -0.39 is 0 Å². The van der Waals surface area contributed by atoms with Crippen molar-refractivity contribution in [2.24, 2.45) is 0 Å². The van der Waals surface area contributed by atoms with Gasteiger partial charge in [-0.05, 0) is 24.6 Å². The predicted octanol–water partition coefficient (Wildman–Crippen LogP) is 1.97. The minimum atomic E-state index is -0.276. The van der Waals surface area contributed by atoms with Gasteiger partial charge in [-0.1, -0.05) is 18.5 Å². The van der Waals surface area contributed by atoms with E-state index in [1.807, 2.05) is 6.92 Å². The zero-order valence-electron chi connectivity index (χ0n) is 14.5. The van der Waals surface area contributed by atoms with Crippen LogP contribution in [-0.2, 0) is 19.1 Å². The molecule has 2 N–H and O–H groups in total. The Morgan fingerprint density at radius 2 is 2.04 bits per heavy atom. The van der Waals surface area contributed by atoms with Crippen molar-refractivity contribution in [3.05, 3.63) is 23.2 Å². The van der Waals surface area contributed by atoms with Crippen molar-refractivity contribution in [2.75, 3.05) is 50.7 Å². The number of hydrogen-bond acceptors (Lipinski definition) is 5. The highest BCUT2D eigenvalue weighted by Gasteiger charge is 2.26. The van der Waals surface area contributed by atoms with Crippen LogP contribution in [0.15, 0.2) is 18.2 Å². The largest absolute Gasteiger partial charge is 0.379 e.